The third kappa shape index (κ3) is 4.40. The number of carbonyl (C=O) groups excluding carboxylic acids is 1. The summed E-state index contributed by atoms with van der Waals surface area (Å²) in [6.45, 7) is 4.16. The largest absolute Gasteiger partial charge is 0.336 e. The molecular weight excluding hydrogens is 480 g/mol. The van der Waals surface area contributed by atoms with E-state index in [-0.39, 0.29) is 11.3 Å². The van der Waals surface area contributed by atoms with Crippen LogP contribution in [0.1, 0.15) is 60.1 Å². The van der Waals surface area contributed by atoms with Crippen LogP contribution in [0, 0.1) is 17.8 Å². The predicted octanol–water partition coefficient (Wildman–Crippen LogP) is 5.95. The summed E-state index contributed by atoms with van der Waals surface area (Å²) < 4.78 is 1.97. The quantitative estimate of drug-likeness (QED) is 0.422. The van der Waals surface area contributed by atoms with Crippen LogP contribution in [-0.2, 0) is 12.0 Å². The number of hydrogen-bond donors (Lipinski definition) is 0. The molecule has 5 aliphatic rings. The maximum absolute atomic E-state index is 14.1. The Morgan fingerprint density at radius 3 is 2.11 bits per heavy atom. The molecule has 4 aliphatic carbocycles. The van der Waals surface area contributed by atoms with E-state index >= 15 is 0 Å². The van der Waals surface area contributed by atoms with Crippen molar-refractivity contribution in [2.24, 2.45) is 17.8 Å². The number of hydrogen-bond acceptors (Lipinski definition) is 3. The van der Waals surface area contributed by atoms with Gasteiger partial charge in [0, 0.05) is 49.4 Å². The van der Waals surface area contributed by atoms with Crippen molar-refractivity contribution >= 4 is 17.5 Å². The average Bonchev–Trinajstić information content (AvgIpc) is 3.37. The van der Waals surface area contributed by atoms with Crippen molar-refractivity contribution in [3.8, 4) is 5.69 Å². The van der Waals surface area contributed by atoms with Crippen LogP contribution >= 0.6 is 11.6 Å². The Bertz CT molecular complexity index is 1240. The van der Waals surface area contributed by atoms with E-state index in [4.69, 9.17) is 16.7 Å². The number of nitrogens with zero attached hydrogens (tertiary/aromatic N) is 4. The van der Waals surface area contributed by atoms with Crippen LogP contribution in [0.5, 0.6) is 0 Å². The van der Waals surface area contributed by atoms with E-state index in [9.17, 15) is 4.79 Å². The molecule has 5 fully saturated rings. The van der Waals surface area contributed by atoms with Gasteiger partial charge in [-0.15, -0.1) is 0 Å². The van der Waals surface area contributed by atoms with E-state index in [1.54, 1.807) is 0 Å². The van der Waals surface area contributed by atoms with Gasteiger partial charge in [0.25, 0.3) is 5.91 Å². The molecule has 6 heteroatoms. The van der Waals surface area contributed by atoms with E-state index in [0.717, 1.165) is 72.4 Å². The second kappa shape index (κ2) is 9.28. The zero-order chi connectivity index (χ0) is 25.0. The van der Waals surface area contributed by atoms with Crippen LogP contribution in [0.4, 0.5) is 0 Å². The number of halogens is 1. The molecule has 0 spiro atoms. The van der Waals surface area contributed by atoms with Crippen molar-refractivity contribution in [2.45, 2.75) is 50.5 Å². The Morgan fingerprint density at radius 2 is 1.49 bits per heavy atom. The van der Waals surface area contributed by atoms with Crippen LogP contribution in [0.2, 0.25) is 5.02 Å². The lowest BCUT2D eigenvalue weighted by Gasteiger charge is -2.56. The molecule has 8 rings (SSSR count). The number of amides is 1. The van der Waals surface area contributed by atoms with Gasteiger partial charge < -0.3 is 4.90 Å². The van der Waals surface area contributed by atoms with Crippen molar-refractivity contribution in [2.75, 3.05) is 26.2 Å². The molecule has 2 aromatic carbocycles. The first-order valence-corrected chi connectivity index (χ1v) is 14.3. The second-order valence-electron chi connectivity index (χ2n) is 12.1. The van der Waals surface area contributed by atoms with Crippen LogP contribution < -0.4 is 0 Å². The molecule has 192 valence electrons. The Kier molecular flexibility index (Phi) is 5.89. The van der Waals surface area contributed by atoms with Crippen LogP contribution in [0.3, 0.4) is 0 Å². The lowest BCUT2D eigenvalue weighted by atomic mass is 9.48. The first-order chi connectivity index (χ1) is 18.0. The van der Waals surface area contributed by atoms with E-state index in [0.29, 0.717) is 0 Å². The first kappa shape index (κ1) is 23.5. The zero-order valence-electron chi connectivity index (χ0n) is 21.4. The lowest BCUT2D eigenvalue weighted by Crippen LogP contribution is -2.51. The fourth-order valence-electron chi connectivity index (χ4n) is 8.16. The monoisotopic (exact) mass is 514 g/mol. The summed E-state index contributed by atoms with van der Waals surface area (Å²) in [6, 6.07) is 18.4. The predicted molar refractivity (Wildman–Crippen MR) is 146 cm³/mol. The Morgan fingerprint density at radius 1 is 0.865 bits per heavy atom. The number of carbonyl (C=O) groups is 1. The highest BCUT2D eigenvalue weighted by atomic mass is 35.5. The smallest absolute Gasteiger partial charge is 0.257 e. The minimum Gasteiger partial charge on any atom is -0.336 e. The molecule has 1 aromatic heterocycles. The SMILES string of the molecule is O=C(c1cn(-c2ccccc2)nc1C12CC3CC(CC(C3)C1)C2)N1CCN(Cc2ccc(Cl)cc2)CC1. The molecule has 0 N–H and O–H groups in total. The normalized spacial score (nSPS) is 29.1. The number of rotatable bonds is 5. The van der Waals surface area contributed by atoms with Crippen molar-refractivity contribution in [1.82, 2.24) is 19.6 Å². The summed E-state index contributed by atoms with van der Waals surface area (Å²) in [5.74, 6) is 2.60. The fourth-order valence-corrected chi connectivity index (χ4v) is 8.29. The molecule has 1 aliphatic heterocycles. The van der Waals surface area contributed by atoms with Crippen LogP contribution in [-0.4, -0.2) is 51.7 Å². The molecule has 5 nitrogen and oxygen atoms in total. The highest BCUT2D eigenvalue weighted by molar-refractivity contribution is 6.30. The summed E-state index contributed by atoms with van der Waals surface area (Å²) >= 11 is 6.05. The number of benzene rings is 2. The lowest BCUT2D eigenvalue weighted by molar-refractivity contribution is -0.00793. The summed E-state index contributed by atoms with van der Waals surface area (Å²) in [5, 5.41) is 5.98. The van der Waals surface area contributed by atoms with Gasteiger partial charge >= 0.3 is 0 Å². The summed E-state index contributed by atoms with van der Waals surface area (Å²) in [5.41, 5.74) is 4.30. The third-order valence-corrected chi connectivity index (χ3v) is 9.74. The Balaban J connectivity index is 1.15. The molecular formula is C31H35ClN4O. The number of piperazine rings is 1. The first-order valence-electron chi connectivity index (χ1n) is 14.0. The molecule has 2 heterocycles. The topological polar surface area (TPSA) is 41.4 Å². The van der Waals surface area contributed by atoms with Gasteiger partial charge in [0.1, 0.15) is 0 Å². The molecule has 1 saturated heterocycles. The molecule has 0 atom stereocenters. The second-order valence-corrected chi connectivity index (χ2v) is 12.5. The van der Waals surface area contributed by atoms with Crippen molar-refractivity contribution in [3.63, 3.8) is 0 Å². The van der Waals surface area contributed by atoms with Gasteiger partial charge in [0.15, 0.2) is 0 Å². The standard InChI is InChI=1S/C31H35ClN4O/c32-26-8-6-22(7-9-26)20-34-10-12-35(13-11-34)30(37)28-21-36(27-4-2-1-3-5-27)33-29(28)31-17-23-14-24(18-31)16-25(15-23)19-31/h1-9,21,23-25H,10-20H2. The minimum atomic E-state index is 0.0795. The Hall–Kier alpha value is -2.63. The molecule has 37 heavy (non-hydrogen) atoms. The van der Waals surface area contributed by atoms with Gasteiger partial charge in [-0.1, -0.05) is 41.9 Å². The van der Waals surface area contributed by atoms with Crippen molar-refractivity contribution in [3.05, 3.63) is 82.6 Å². The van der Waals surface area contributed by atoms with Crippen molar-refractivity contribution in [1.29, 1.82) is 0 Å². The van der Waals surface area contributed by atoms with Gasteiger partial charge in [-0.25, -0.2) is 4.68 Å². The average molecular weight is 515 g/mol. The molecule has 0 unspecified atom stereocenters. The molecule has 1 amide bonds. The third-order valence-electron chi connectivity index (χ3n) is 9.48. The summed E-state index contributed by atoms with van der Waals surface area (Å²) in [4.78, 5) is 18.6. The van der Waals surface area contributed by atoms with Crippen molar-refractivity contribution < 1.29 is 4.79 Å². The van der Waals surface area contributed by atoms with Gasteiger partial charge in [-0.3, -0.25) is 9.69 Å². The van der Waals surface area contributed by atoms with Crippen LogP contribution in [0.25, 0.3) is 5.69 Å². The molecule has 4 saturated carbocycles. The van der Waals surface area contributed by atoms with E-state index in [1.807, 2.05) is 41.2 Å². The molecule has 0 radical (unpaired) electrons. The maximum Gasteiger partial charge on any atom is 0.257 e. The Labute approximate surface area is 224 Å². The van der Waals surface area contributed by atoms with Gasteiger partial charge in [-0.05, 0) is 86.1 Å². The van der Waals surface area contributed by atoms with E-state index in [2.05, 4.69) is 34.1 Å². The number of aromatic nitrogens is 2. The minimum absolute atomic E-state index is 0.0795. The van der Waals surface area contributed by atoms with Gasteiger partial charge in [0.2, 0.25) is 0 Å². The van der Waals surface area contributed by atoms with Gasteiger partial charge in [-0.2, -0.15) is 5.10 Å². The fraction of sp³-hybridized carbons (Fsp3) is 0.484. The number of para-hydroxylation sites is 1. The highest BCUT2D eigenvalue weighted by Gasteiger charge is 2.54. The molecule has 4 bridgehead atoms. The highest BCUT2D eigenvalue weighted by Crippen LogP contribution is 2.61. The maximum atomic E-state index is 14.1. The van der Waals surface area contributed by atoms with Gasteiger partial charge in [0.05, 0.1) is 16.9 Å². The van der Waals surface area contributed by atoms with Crippen LogP contribution in [0.15, 0.2) is 60.8 Å². The summed E-state index contributed by atoms with van der Waals surface area (Å²) in [7, 11) is 0. The molecule has 3 aromatic rings. The summed E-state index contributed by atoms with van der Waals surface area (Å²) in [6.07, 6.45) is 9.82. The van der Waals surface area contributed by atoms with E-state index < -0.39 is 0 Å². The zero-order valence-corrected chi connectivity index (χ0v) is 22.1. The van der Waals surface area contributed by atoms with E-state index in [1.165, 1.54) is 44.1 Å².